The molecule has 1 atom stereocenters. The summed E-state index contributed by atoms with van der Waals surface area (Å²) in [7, 11) is 0. The van der Waals surface area contributed by atoms with Crippen LogP contribution >= 0.6 is 11.6 Å². The van der Waals surface area contributed by atoms with Gasteiger partial charge in [-0.1, -0.05) is 57.6 Å². The lowest BCUT2D eigenvalue weighted by Gasteiger charge is -2.14. The second-order valence-corrected chi connectivity index (χ2v) is 6.03. The van der Waals surface area contributed by atoms with E-state index in [9.17, 15) is 4.79 Å². The first kappa shape index (κ1) is 18.0. The van der Waals surface area contributed by atoms with Crippen LogP contribution < -0.4 is 5.32 Å². The summed E-state index contributed by atoms with van der Waals surface area (Å²) >= 11 is 5.99. The molecular weight excluding hydrogens is 284 g/mol. The van der Waals surface area contributed by atoms with E-state index < -0.39 is 0 Å². The highest BCUT2D eigenvalue weighted by atomic mass is 35.5. The number of aryl methyl sites for hydroxylation is 1. The summed E-state index contributed by atoms with van der Waals surface area (Å²) < 4.78 is 0. The van der Waals surface area contributed by atoms with Crippen LogP contribution in [0, 0.1) is 0 Å². The lowest BCUT2D eigenvalue weighted by atomic mass is 10.1. The minimum atomic E-state index is -0.0559. The van der Waals surface area contributed by atoms with E-state index in [2.05, 4.69) is 31.1 Å². The molecule has 0 spiro atoms. The summed E-state index contributed by atoms with van der Waals surface area (Å²) in [6, 6.07) is 3.67. The number of rotatable bonds is 9. The van der Waals surface area contributed by atoms with E-state index in [1.807, 2.05) is 6.07 Å². The number of nitrogens with one attached hydrogen (secondary N) is 1. The van der Waals surface area contributed by atoms with Crippen LogP contribution in [-0.2, 0) is 6.42 Å². The van der Waals surface area contributed by atoms with Crippen LogP contribution in [0.15, 0.2) is 12.1 Å². The highest BCUT2D eigenvalue weighted by molar-refractivity contribution is 6.29. The van der Waals surface area contributed by atoms with Crippen LogP contribution in [0.4, 0.5) is 0 Å². The van der Waals surface area contributed by atoms with Gasteiger partial charge in [-0.3, -0.25) is 4.79 Å². The first-order chi connectivity index (χ1) is 10.1. The van der Waals surface area contributed by atoms with Crippen LogP contribution in [-0.4, -0.2) is 16.9 Å². The third-order valence-electron chi connectivity index (χ3n) is 3.48. The molecule has 1 N–H and O–H groups in total. The Kier molecular flexibility index (Phi) is 8.36. The van der Waals surface area contributed by atoms with Crippen molar-refractivity contribution in [3.8, 4) is 0 Å². The second-order valence-electron chi connectivity index (χ2n) is 5.64. The fourth-order valence-electron chi connectivity index (χ4n) is 2.32. The summed E-state index contributed by atoms with van der Waals surface area (Å²) in [6.45, 7) is 6.34. The fourth-order valence-corrected chi connectivity index (χ4v) is 2.55. The largest absolute Gasteiger partial charge is 0.350 e. The fraction of sp³-hybridized carbons (Fsp3) is 0.647. The van der Waals surface area contributed by atoms with E-state index in [0.29, 0.717) is 10.7 Å². The Bertz CT molecular complexity index is 448. The van der Waals surface area contributed by atoms with Gasteiger partial charge in [-0.25, -0.2) is 4.98 Å². The van der Waals surface area contributed by atoms with Gasteiger partial charge in [-0.2, -0.15) is 0 Å². The van der Waals surface area contributed by atoms with Crippen molar-refractivity contribution in [2.75, 3.05) is 0 Å². The molecule has 1 aromatic heterocycles. The smallest absolute Gasteiger partial charge is 0.251 e. The van der Waals surface area contributed by atoms with Gasteiger partial charge in [0.1, 0.15) is 5.15 Å². The Morgan fingerprint density at radius 3 is 2.67 bits per heavy atom. The highest BCUT2D eigenvalue weighted by Gasteiger charge is 2.12. The number of aromatic nitrogens is 1. The first-order valence-corrected chi connectivity index (χ1v) is 8.42. The SMILES string of the molecule is CCCCCCC(C)NC(=O)c1cc(Cl)nc(CCC)c1. The van der Waals surface area contributed by atoms with Crippen molar-refractivity contribution in [2.45, 2.75) is 71.8 Å². The van der Waals surface area contributed by atoms with Crippen molar-refractivity contribution in [1.82, 2.24) is 10.3 Å². The lowest BCUT2D eigenvalue weighted by Crippen LogP contribution is -2.32. The van der Waals surface area contributed by atoms with E-state index in [1.165, 1.54) is 19.3 Å². The number of nitrogens with zero attached hydrogens (tertiary/aromatic N) is 1. The van der Waals surface area contributed by atoms with Gasteiger partial charge in [0.2, 0.25) is 0 Å². The molecule has 3 nitrogen and oxygen atoms in total. The van der Waals surface area contributed by atoms with E-state index in [-0.39, 0.29) is 11.9 Å². The van der Waals surface area contributed by atoms with Crippen LogP contribution in [0.1, 0.15) is 75.3 Å². The lowest BCUT2D eigenvalue weighted by molar-refractivity contribution is 0.0937. The Labute approximate surface area is 133 Å². The molecule has 0 aliphatic carbocycles. The molecule has 0 saturated heterocycles. The third-order valence-corrected chi connectivity index (χ3v) is 3.68. The molecule has 0 aromatic carbocycles. The number of carbonyl (C=O) groups excluding carboxylic acids is 1. The van der Waals surface area contributed by atoms with Gasteiger partial charge in [0, 0.05) is 17.3 Å². The predicted molar refractivity (Wildman–Crippen MR) is 88.9 cm³/mol. The highest BCUT2D eigenvalue weighted by Crippen LogP contribution is 2.13. The third kappa shape index (κ3) is 6.94. The summed E-state index contributed by atoms with van der Waals surface area (Å²) in [5.41, 5.74) is 1.49. The molecule has 0 aliphatic heterocycles. The molecule has 118 valence electrons. The first-order valence-electron chi connectivity index (χ1n) is 8.04. The van der Waals surface area contributed by atoms with Crippen molar-refractivity contribution in [3.63, 3.8) is 0 Å². The van der Waals surface area contributed by atoms with E-state index in [0.717, 1.165) is 31.4 Å². The molecule has 1 amide bonds. The summed E-state index contributed by atoms with van der Waals surface area (Å²) in [4.78, 5) is 16.5. The zero-order valence-corrected chi connectivity index (χ0v) is 14.2. The van der Waals surface area contributed by atoms with Crippen LogP contribution in [0.25, 0.3) is 0 Å². The molecule has 1 unspecified atom stereocenters. The van der Waals surface area contributed by atoms with E-state index in [1.54, 1.807) is 6.07 Å². The zero-order valence-electron chi connectivity index (χ0n) is 13.4. The molecular formula is C17H27ClN2O. The molecule has 1 aromatic rings. The van der Waals surface area contributed by atoms with Gasteiger partial charge < -0.3 is 5.32 Å². The molecule has 0 bridgehead atoms. The number of carbonyl (C=O) groups is 1. The number of amides is 1. The monoisotopic (exact) mass is 310 g/mol. The summed E-state index contributed by atoms with van der Waals surface area (Å²) in [5, 5.41) is 3.43. The zero-order chi connectivity index (χ0) is 15.7. The second kappa shape index (κ2) is 9.78. The van der Waals surface area contributed by atoms with E-state index >= 15 is 0 Å². The molecule has 21 heavy (non-hydrogen) atoms. The molecule has 0 fully saturated rings. The summed E-state index contributed by atoms with van der Waals surface area (Å²) in [6.07, 6.45) is 7.74. The minimum Gasteiger partial charge on any atom is -0.350 e. The van der Waals surface area contributed by atoms with Gasteiger partial charge in [0.25, 0.3) is 5.91 Å². The molecule has 0 aliphatic rings. The molecule has 4 heteroatoms. The van der Waals surface area contributed by atoms with Gasteiger partial charge in [-0.15, -0.1) is 0 Å². The quantitative estimate of drug-likeness (QED) is 0.527. The molecule has 1 heterocycles. The number of hydrogen-bond acceptors (Lipinski definition) is 2. The van der Waals surface area contributed by atoms with Crippen molar-refractivity contribution < 1.29 is 4.79 Å². The summed E-state index contributed by atoms with van der Waals surface area (Å²) in [5.74, 6) is -0.0559. The van der Waals surface area contributed by atoms with Crippen LogP contribution in [0.2, 0.25) is 5.15 Å². The Balaban J connectivity index is 2.54. The van der Waals surface area contributed by atoms with Gasteiger partial charge in [0.05, 0.1) is 0 Å². The van der Waals surface area contributed by atoms with Crippen molar-refractivity contribution >= 4 is 17.5 Å². The molecule has 1 rings (SSSR count). The number of pyridine rings is 1. The topological polar surface area (TPSA) is 42.0 Å². The van der Waals surface area contributed by atoms with Gasteiger partial charge >= 0.3 is 0 Å². The Morgan fingerprint density at radius 1 is 1.24 bits per heavy atom. The number of halogens is 1. The van der Waals surface area contributed by atoms with Crippen LogP contribution in [0.3, 0.4) is 0 Å². The molecule has 0 saturated carbocycles. The van der Waals surface area contributed by atoms with Gasteiger partial charge in [-0.05, 0) is 31.9 Å². The van der Waals surface area contributed by atoms with Crippen LogP contribution in [0.5, 0.6) is 0 Å². The maximum atomic E-state index is 12.3. The van der Waals surface area contributed by atoms with Crippen molar-refractivity contribution in [1.29, 1.82) is 0 Å². The Morgan fingerprint density at radius 2 is 2.00 bits per heavy atom. The minimum absolute atomic E-state index is 0.0559. The Hall–Kier alpha value is -1.09. The average Bonchev–Trinajstić information content (AvgIpc) is 2.43. The van der Waals surface area contributed by atoms with Crippen molar-refractivity contribution in [3.05, 3.63) is 28.5 Å². The number of hydrogen-bond donors (Lipinski definition) is 1. The molecule has 0 radical (unpaired) electrons. The maximum Gasteiger partial charge on any atom is 0.251 e. The van der Waals surface area contributed by atoms with E-state index in [4.69, 9.17) is 11.6 Å². The predicted octanol–water partition coefficient (Wildman–Crippen LogP) is 4.78. The standard InChI is InChI=1S/C17H27ClN2O/c1-4-6-7-8-10-13(3)19-17(21)14-11-15(9-5-2)20-16(18)12-14/h11-13H,4-10H2,1-3H3,(H,19,21). The van der Waals surface area contributed by atoms with Crippen molar-refractivity contribution in [2.24, 2.45) is 0 Å². The van der Waals surface area contributed by atoms with Gasteiger partial charge in [0.15, 0.2) is 0 Å². The normalized spacial score (nSPS) is 12.2. The maximum absolute atomic E-state index is 12.3. The average molecular weight is 311 g/mol. The number of unbranched alkanes of at least 4 members (excludes halogenated alkanes) is 3.